The van der Waals surface area contributed by atoms with Gasteiger partial charge in [-0.1, -0.05) is 35.3 Å². The van der Waals surface area contributed by atoms with Crippen LogP contribution >= 0.6 is 23.2 Å². The number of rotatable bonds is 5. The predicted molar refractivity (Wildman–Crippen MR) is 95.7 cm³/mol. The molecule has 2 N–H and O–H groups in total. The Morgan fingerprint density at radius 2 is 1.88 bits per heavy atom. The maximum atomic E-state index is 12.2. The van der Waals surface area contributed by atoms with Crippen molar-refractivity contribution < 1.29 is 9.59 Å². The second kappa shape index (κ2) is 7.24. The first-order chi connectivity index (χ1) is 11.5. The van der Waals surface area contributed by atoms with E-state index in [4.69, 9.17) is 23.2 Å². The summed E-state index contributed by atoms with van der Waals surface area (Å²) in [4.78, 5) is 24.2. The molecule has 1 aliphatic rings. The van der Waals surface area contributed by atoms with Gasteiger partial charge in [0.1, 0.15) is 0 Å². The van der Waals surface area contributed by atoms with Gasteiger partial charge < -0.3 is 10.6 Å². The fourth-order valence-corrected chi connectivity index (χ4v) is 2.75. The van der Waals surface area contributed by atoms with Crippen LogP contribution in [0.4, 0.5) is 5.69 Å². The molecule has 4 nitrogen and oxygen atoms in total. The molecule has 1 fully saturated rings. The number of halogens is 2. The summed E-state index contributed by atoms with van der Waals surface area (Å²) in [7, 11) is 0. The van der Waals surface area contributed by atoms with Crippen LogP contribution in [-0.2, 0) is 11.2 Å². The van der Waals surface area contributed by atoms with Gasteiger partial charge in [-0.3, -0.25) is 9.59 Å². The van der Waals surface area contributed by atoms with Gasteiger partial charge in [-0.25, -0.2) is 0 Å². The number of hydrogen-bond acceptors (Lipinski definition) is 2. The lowest BCUT2D eigenvalue weighted by Gasteiger charge is -2.09. The summed E-state index contributed by atoms with van der Waals surface area (Å²) in [6.45, 7) is 0. The zero-order chi connectivity index (χ0) is 17.1. The molecule has 3 rings (SSSR count). The van der Waals surface area contributed by atoms with Crippen LogP contribution in [0.5, 0.6) is 0 Å². The van der Waals surface area contributed by atoms with E-state index in [9.17, 15) is 9.59 Å². The molecule has 0 aromatic heterocycles. The molecule has 2 amide bonds. The molecular weight excluding hydrogens is 347 g/mol. The molecule has 2 aromatic rings. The highest BCUT2D eigenvalue weighted by molar-refractivity contribution is 6.35. The van der Waals surface area contributed by atoms with Crippen molar-refractivity contribution in [3.63, 3.8) is 0 Å². The molecule has 0 spiro atoms. The van der Waals surface area contributed by atoms with Gasteiger partial charge in [-0.15, -0.1) is 0 Å². The van der Waals surface area contributed by atoms with Crippen molar-refractivity contribution in [2.24, 2.45) is 0 Å². The second-order valence-electron chi connectivity index (χ2n) is 5.79. The van der Waals surface area contributed by atoms with Crippen LogP contribution in [0.2, 0.25) is 10.0 Å². The fourth-order valence-electron chi connectivity index (χ4n) is 2.28. The van der Waals surface area contributed by atoms with Crippen molar-refractivity contribution in [1.82, 2.24) is 5.32 Å². The molecule has 0 heterocycles. The third-order valence-corrected chi connectivity index (χ3v) is 4.27. The van der Waals surface area contributed by atoms with E-state index in [1.54, 1.807) is 42.5 Å². The third-order valence-electron chi connectivity index (χ3n) is 3.69. The van der Waals surface area contributed by atoms with Crippen molar-refractivity contribution in [1.29, 1.82) is 0 Å². The Labute approximate surface area is 150 Å². The lowest BCUT2D eigenvalue weighted by atomic mass is 10.1. The molecule has 24 heavy (non-hydrogen) atoms. The number of carbonyl (C=O) groups is 2. The van der Waals surface area contributed by atoms with Crippen molar-refractivity contribution in [3.05, 3.63) is 63.6 Å². The van der Waals surface area contributed by atoms with Crippen LogP contribution in [0.3, 0.4) is 0 Å². The van der Waals surface area contributed by atoms with Gasteiger partial charge in [0.05, 0.1) is 6.42 Å². The molecule has 124 valence electrons. The highest BCUT2D eigenvalue weighted by Crippen LogP contribution is 2.22. The summed E-state index contributed by atoms with van der Waals surface area (Å²) < 4.78 is 0. The van der Waals surface area contributed by atoms with Gasteiger partial charge in [-0.2, -0.15) is 0 Å². The molecule has 1 saturated carbocycles. The highest BCUT2D eigenvalue weighted by atomic mass is 35.5. The third kappa shape index (κ3) is 4.49. The number of nitrogens with one attached hydrogen (secondary N) is 2. The van der Waals surface area contributed by atoms with Crippen LogP contribution in [0.1, 0.15) is 28.8 Å². The topological polar surface area (TPSA) is 58.2 Å². The maximum Gasteiger partial charge on any atom is 0.251 e. The molecule has 2 aromatic carbocycles. The number of carbonyl (C=O) groups excluding carboxylic acids is 2. The number of anilines is 1. The zero-order valence-corrected chi connectivity index (χ0v) is 14.3. The van der Waals surface area contributed by atoms with Gasteiger partial charge in [-0.05, 0) is 48.7 Å². The first-order valence-electron chi connectivity index (χ1n) is 7.66. The van der Waals surface area contributed by atoms with Crippen LogP contribution < -0.4 is 10.6 Å². The molecule has 0 unspecified atom stereocenters. The standard InChI is InChI=1S/C18H16Cl2N2O2/c19-13-5-4-11(16(20)10-13)9-17(23)21-15-3-1-2-12(8-15)18(24)22-14-6-7-14/h1-5,8,10,14H,6-7,9H2,(H,21,23)(H,22,24). The maximum absolute atomic E-state index is 12.2. The minimum Gasteiger partial charge on any atom is -0.349 e. The summed E-state index contributed by atoms with van der Waals surface area (Å²) in [6.07, 6.45) is 2.20. The minimum absolute atomic E-state index is 0.116. The monoisotopic (exact) mass is 362 g/mol. The Balaban J connectivity index is 1.64. The van der Waals surface area contributed by atoms with Gasteiger partial charge in [0.15, 0.2) is 0 Å². The molecule has 0 aliphatic heterocycles. The van der Waals surface area contributed by atoms with Gasteiger partial charge in [0.25, 0.3) is 5.91 Å². The average Bonchev–Trinajstić information content (AvgIpc) is 3.34. The van der Waals surface area contributed by atoms with Gasteiger partial charge in [0.2, 0.25) is 5.91 Å². The summed E-state index contributed by atoms with van der Waals surface area (Å²) in [5.41, 5.74) is 1.80. The van der Waals surface area contributed by atoms with E-state index in [1.165, 1.54) is 0 Å². The van der Waals surface area contributed by atoms with Crippen molar-refractivity contribution in [2.45, 2.75) is 25.3 Å². The molecule has 0 atom stereocenters. The zero-order valence-electron chi connectivity index (χ0n) is 12.8. The number of hydrogen-bond donors (Lipinski definition) is 2. The molecule has 6 heteroatoms. The molecule has 1 aliphatic carbocycles. The van der Waals surface area contributed by atoms with E-state index in [-0.39, 0.29) is 18.2 Å². The SMILES string of the molecule is O=C(Cc1ccc(Cl)cc1Cl)Nc1cccc(C(=O)NC2CC2)c1. The normalized spacial score (nSPS) is 13.4. The summed E-state index contributed by atoms with van der Waals surface area (Å²) in [5, 5.41) is 6.69. The lowest BCUT2D eigenvalue weighted by Crippen LogP contribution is -2.25. The Bertz CT molecular complexity index is 788. The van der Waals surface area contributed by atoms with E-state index < -0.39 is 0 Å². The van der Waals surface area contributed by atoms with Gasteiger partial charge >= 0.3 is 0 Å². The summed E-state index contributed by atoms with van der Waals surface area (Å²) in [6, 6.07) is 12.2. The van der Waals surface area contributed by atoms with Crippen molar-refractivity contribution in [2.75, 3.05) is 5.32 Å². The predicted octanol–water partition coefficient (Wildman–Crippen LogP) is 4.07. The van der Waals surface area contributed by atoms with Crippen LogP contribution in [0.25, 0.3) is 0 Å². The molecule has 0 bridgehead atoms. The molecular formula is C18H16Cl2N2O2. The molecule has 0 radical (unpaired) electrons. The van der Waals surface area contributed by atoms with Crippen LogP contribution in [0.15, 0.2) is 42.5 Å². The first kappa shape index (κ1) is 16.8. The Hall–Kier alpha value is -2.04. The highest BCUT2D eigenvalue weighted by Gasteiger charge is 2.23. The Kier molecular flexibility index (Phi) is 5.07. The van der Waals surface area contributed by atoms with E-state index in [2.05, 4.69) is 10.6 Å². The van der Waals surface area contributed by atoms with Gasteiger partial charge in [0, 0.05) is 27.3 Å². The van der Waals surface area contributed by atoms with Crippen molar-refractivity contribution in [3.8, 4) is 0 Å². The Morgan fingerprint density at radius 3 is 2.58 bits per heavy atom. The van der Waals surface area contributed by atoms with Crippen LogP contribution in [0, 0.1) is 0 Å². The fraction of sp³-hybridized carbons (Fsp3) is 0.222. The quantitative estimate of drug-likeness (QED) is 0.842. The van der Waals surface area contributed by atoms with Crippen molar-refractivity contribution >= 4 is 40.7 Å². The smallest absolute Gasteiger partial charge is 0.251 e. The number of amides is 2. The average molecular weight is 363 g/mol. The summed E-state index contributed by atoms with van der Waals surface area (Å²) >= 11 is 11.9. The minimum atomic E-state index is -0.209. The Morgan fingerprint density at radius 1 is 1.08 bits per heavy atom. The summed E-state index contributed by atoms with van der Waals surface area (Å²) in [5.74, 6) is -0.326. The first-order valence-corrected chi connectivity index (χ1v) is 8.41. The second-order valence-corrected chi connectivity index (χ2v) is 6.63. The molecule has 0 saturated heterocycles. The van der Waals surface area contributed by atoms with E-state index >= 15 is 0 Å². The van der Waals surface area contributed by atoms with E-state index in [0.717, 1.165) is 12.8 Å². The van der Waals surface area contributed by atoms with E-state index in [0.29, 0.717) is 32.9 Å². The largest absolute Gasteiger partial charge is 0.349 e. The van der Waals surface area contributed by atoms with E-state index in [1.807, 2.05) is 0 Å². The van der Waals surface area contributed by atoms with Crippen LogP contribution in [-0.4, -0.2) is 17.9 Å². The number of benzene rings is 2. The lowest BCUT2D eigenvalue weighted by molar-refractivity contribution is -0.115.